The maximum atomic E-state index is 9.91. The molecule has 0 amide bonds. The molecule has 0 fully saturated rings. The lowest BCUT2D eigenvalue weighted by Gasteiger charge is -2.02. The summed E-state index contributed by atoms with van der Waals surface area (Å²) in [7, 11) is 0. The van der Waals surface area contributed by atoms with E-state index in [2.05, 4.69) is 101 Å². The molecule has 1 heteroatoms. The summed E-state index contributed by atoms with van der Waals surface area (Å²) in [5, 5.41) is 9.91. The SMILES string of the molecule is C#CC#CC#CC#CC#CC#CC#CC#CC#Cc1cc(C)cc(C)c1O. The van der Waals surface area contributed by atoms with Crippen molar-refractivity contribution in [3.8, 4) is 113 Å². The van der Waals surface area contributed by atoms with Gasteiger partial charge in [-0.3, -0.25) is 0 Å². The number of aromatic hydroxyl groups is 1. The van der Waals surface area contributed by atoms with E-state index in [4.69, 9.17) is 6.42 Å². The summed E-state index contributed by atoms with van der Waals surface area (Å²) in [6.07, 6.45) is 4.92. The Kier molecular flexibility index (Phi) is 9.29. The fourth-order valence-electron chi connectivity index (χ4n) is 1.60. The predicted octanol–water partition coefficient (Wildman–Crippen LogP) is 2.02. The van der Waals surface area contributed by atoms with E-state index in [0.717, 1.165) is 11.1 Å². The van der Waals surface area contributed by atoms with Crippen molar-refractivity contribution in [3.05, 3.63) is 28.8 Å². The molecule has 0 radical (unpaired) electrons. The van der Waals surface area contributed by atoms with Gasteiger partial charge < -0.3 is 5.11 Å². The van der Waals surface area contributed by atoms with Gasteiger partial charge in [-0.2, -0.15) is 0 Å². The van der Waals surface area contributed by atoms with Gasteiger partial charge in [-0.25, -0.2) is 0 Å². The Morgan fingerprint density at radius 3 is 1.48 bits per heavy atom. The molecule has 0 saturated heterocycles. The second-order valence-electron chi connectivity index (χ2n) is 4.62. The summed E-state index contributed by atoms with van der Waals surface area (Å²) < 4.78 is 0. The number of aryl methyl sites for hydroxylation is 2. The monoisotopic (exact) mass is 338 g/mol. The van der Waals surface area contributed by atoms with Gasteiger partial charge >= 0.3 is 0 Å². The molecule has 0 aliphatic rings. The summed E-state index contributed by atoms with van der Waals surface area (Å²) in [6.45, 7) is 3.76. The van der Waals surface area contributed by atoms with Crippen LogP contribution >= 0.6 is 0 Å². The molecule has 0 bridgehead atoms. The van der Waals surface area contributed by atoms with Gasteiger partial charge in [0.15, 0.2) is 0 Å². The molecule has 1 N–H and O–H groups in total. The lowest BCUT2D eigenvalue weighted by atomic mass is 10.1. The highest BCUT2D eigenvalue weighted by Crippen LogP contribution is 2.22. The van der Waals surface area contributed by atoms with Crippen LogP contribution in [0, 0.1) is 121 Å². The maximum Gasteiger partial charge on any atom is 0.134 e. The van der Waals surface area contributed by atoms with Crippen molar-refractivity contribution in [2.45, 2.75) is 13.8 Å². The van der Waals surface area contributed by atoms with Crippen LogP contribution in [0.5, 0.6) is 5.75 Å². The Hall–Kier alpha value is -4.94. The van der Waals surface area contributed by atoms with Gasteiger partial charge in [0.2, 0.25) is 0 Å². The van der Waals surface area contributed by atoms with Crippen molar-refractivity contribution in [1.29, 1.82) is 0 Å². The van der Waals surface area contributed by atoms with Crippen LogP contribution in [0.4, 0.5) is 0 Å². The van der Waals surface area contributed by atoms with Crippen molar-refractivity contribution in [1.82, 2.24) is 0 Å². The third-order valence-electron chi connectivity index (χ3n) is 2.59. The van der Waals surface area contributed by atoms with Crippen LogP contribution < -0.4 is 0 Å². The van der Waals surface area contributed by atoms with Crippen LogP contribution in [-0.4, -0.2) is 5.11 Å². The minimum atomic E-state index is 0.167. The molecule has 0 unspecified atom stereocenters. The standard InChI is InChI=1S/C26H10O/c1-4-5-6-7-8-9-10-11-12-13-14-15-16-17-18-19-20-25-22-23(2)21-24(3)26(25)27/h1,21-22,27H,2-3H3. The van der Waals surface area contributed by atoms with Crippen molar-refractivity contribution in [2.75, 3.05) is 0 Å². The first-order valence-corrected chi connectivity index (χ1v) is 7.42. The van der Waals surface area contributed by atoms with Gasteiger partial charge in [0.05, 0.1) is 5.56 Å². The Balaban J connectivity index is 2.62. The number of rotatable bonds is 0. The van der Waals surface area contributed by atoms with Gasteiger partial charge in [0.25, 0.3) is 0 Å². The molecular formula is C26H10O. The molecule has 0 aliphatic heterocycles. The second-order valence-corrected chi connectivity index (χ2v) is 4.62. The molecule has 0 aromatic heterocycles. The molecule has 1 rings (SSSR count). The summed E-state index contributed by atoms with van der Waals surface area (Å²) in [4.78, 5) is 0. The fraction of sp³-hybridized carbons (Fsp3) is 0.0769. The quantitative estimate of drug-likeness (QED) is 0.718. The molecule has 0 atom stereocenters. The molecular weight excluding hydrogens is 328 g/mol. The Bertz CT molecular complexity index is 1290. The lowest BCUT2D eigenvalue weighted by molar-refractivity contribution is 0.469. The van der Waals surface area contributed by atoms with E-state index in [1.807, 2.05) is 19.9 Å². The minimum Gasteiger partial charge on any atom is -0.506 e. The van der Waals surface area contributed by atoms with Crippen LogP contribution in [0.2, 0.25) is 0 Å². The minimum absolute atomic E-state index is 0.167. The highest BCUT2D eigenvalue weighted by atomic mass is 16.3. The number of phenols is 1. The molecule has 0 saturated carbocycles. The molecule has 0 aliphatic carbocycles. The number of phenolic OH excluding ortho intramolecular Hbond substituents is 1. The summed E-state index contributed by atoms with van der Waals surface area (Å²) >= 11 is 0. The number of hydrogen-bond donors (Lipinski definition) is 1. The van der Waals surface area contributed by atoms with Gasteiger partial charge in [0.1, 0.15) is 5.75 Å². The molecule has 1 nitrogen and oxygen atoms in total. The normalized spacial score (nSPS) is 6.11. The van der Waals surface area contributed by atoms with E-state index in [9.17, 15) is 5.11 Å². The summed E-state index contributed by atoms with van der Waals surface area (Å²) in [5.41, 5.74) is 2.34. The zero-order valence-electron chi connectivity index (χ0n) is 14.7. The van der Waals surface area contributed by atoms with E-state index < -0.39 is 0 Å². The van der Waals surface area contributed by atoms with E-state index >= 15 is 0 Å². The average Bonchev–Trinajstić information content (AvgIpc) is 2.65. The number of benzene rings is 1. The first-order valence-electron chi connectivity index (χ1n) is 7.42. The van der Waals surface area contributed by atoms with Crippen molar-refractivity contribution in [3.63, 3.8) is 0 Å². The highest BCUT2D eigenvalue weighted by molar-refractivity contribution is 5.54. The number of hydrogen-bond acceptors (Lipinski definition) is 1. The predicted molar refractivity (Wildman–Crippen MR) is 108 cm³/mol. The topological polar surface area (TPSA) is 20.2 Å². The second kappa shape index (κ2) is 12.5. The third-order valence-corrected chi connectivity index (χ3v) is 2.59. The fourth-order valence-corrected chi connectivity index (χ4v) is 1.60. The molecule has 120 valence electrons. The zero-order chi connectivity index (χ0) is 19.7. The summed E-state index contributed by atoms with van der Waals surface area (Å²) in [6, 6.07) is 3.68. The summed E-state index contributed by atoms with van der Waals surface area (Å²) in [5.74, 6) is 42.6. The van der Waals surface area contributed by atoms with E-state index in [0.29, 0.717) is 5.56 Å². The van der Waals surface area contributed by atoms with Crippen LogP contribution in [0.3, 0.4) is 0 Å². The molecule has 0 heterocycles. The Morgan fingerprint density at radius 2 is 1.04 bits per heavy atom. The Labute approximate surface area is 161 Å². The molecule has 27 heavy (non-hydrogen) atoms. The van der Waals surface area contributed by atoms with E-state index in [-0.39, 0.29) is 5.75 Å². The van der Waals surface area contributed by atoms with E-state index in [1.165, 1.54) is 0 Å². The van der Waals surface area contributed by atoms with Crippen LogP contribution in [-0.2, 0) is 0 Å². The lowest BCUT2D eigenvalue weighted by Crippen LogP contribution is -1.84. The largest absolute Gasteiger partial charge is 0.506 e. The first-order chi connectivity index (χ1) is 13.1. The van der Waals surface area contributed by atoms with E-state index in [1.54, 1.807) is 6.07 Å². The first kappa shape index (κ1) is 20.1. The van der Waals surface area contributed by atoms with Crippen LogP contribution in [0.15, 0.2) is 12.1 Å². The highest BCUT2D eigenvalue weighted by Gasteiger charge is 2.02. The van der Waals surface area contributed by atoms with Gasteiger partial charge in [0, 0.05) is 0 Å². The van der Waals surface area contributed by atoms with Crippen LogP contribution in [0.25, 0.3) is 0 Å². The smallest absolute Gasteiger partial charge is 0.134 e. The van der Waals surface area contributed by atoms with Crippen molar-refractivity contribution < 1.29 is 5.11 Å². The van der Waals surface area contributed by atoms with Gasteiger partial charge in [-0.05, 0) is 132 Å². The van der Waals surface area contributed by atoms with Crippen LogP contribution in [0.1, 0.15) is 16.7 Å². The molecule has 0 spiro atoms. The molecule has 1 aromatic rings. The Morgan fingerprint density at radius 1 is 0.630 bits per heavy atom. The maximum absolute atomic E-state index is 9.91. The number of terminal acetylenes is 1. The third kappa shape index (κ3) is 9.06. The van der Waals surface area contributed by atoms with Crippen molar-refractivity contribution in [2.24, 2.45) is 0 Å². The van der Waals surface area contributed by atoms with Gasteiger partial charge in [-0.1, -0.05) is 6.07 Å². The van der Waals surface area contributed by atoms with Crippen molar-refractivity contribution >= 4 is 0 Å². The zero-order valence-corrected chi connectivity index (χ0v) is 14.7. The average molecular weight is 338 g/mol. The van der Waals surface area contributed by atoms with Gasteiger partial charge in [-0.15, -0.1) is 6.42 Å². The molecule has 1 aromatic carbocycles.